The Hall–Kier alpha value is -2.57. The van der Waals surface area contributed by atoms with Crippen LogP contribution in [0.5, 0.6) is 17.2 Å². The second kappa shape index (κ2) is 10.8. The summed E-state index contributed by atoms with van der Waals surface area (Å²) in [5, 5.41) is 0.144. The Kier molecular flexibility index (Phi) is 7.54. The molecule has 2 saturated heterocycles. The van der Waals surface area contributed by atoms with Crippen molar-refractivity contribution in [3.05, 3.63) is 47.0 Å². The number of benzene rings is 2. The zero-order chi connectivity index (χ0) is 25.1. The SMILES string of the molecule is O=C(COc1ccc(S(=O)(=O)N2CCOCC2)cc1Cl)N1CCN(Cc2ccc3c(c2)OCO3)CC1. The molecule has 194 valence electrons. The van der Waals surface area contributed by atoms with Crippen molar-refractivity contribution in [3.8, 4) is 17.2 Å². The first-order chi connectivity index (χ1) is 17.4. The molecule has 0 saturated carbocycles. The van der Waals surface area contributed by atoms with Crippen LogP contribution in [0, 0.1) is 0 Å². The average molecular weight is 538 g/mol. The van der Waals surface area contributed by atoms with Crippen molar-refractivity contribution in [2.75, 3.05) is 65.9 Å². The molecule has 2 aromatic rings. The van der Waals surface area contributed by atoms with Crippen LogP contribution in [-0.2, 0) is 26.1 Å². The first-order valence-corrected chi connectivity index (χ1v) is 13.6. The van der Waals surface area contributed by atoms with E-state index in [1.807, 2.05) is 18.2 Å². The molecule has 0 spiro atoms. The van der Waals surface area contributed by atoms with Gasteiger partial charge in [0.25, 0.3) is 5.91 Å². The summed E-state index contributed by atoms with van der Waals surface area (Å²) in [7, 11) is -3.66. The molecule has 2 fully saturated rings. The zero-order valence-corrected chi connectivity index (χ0v) is 21.3. The van der Waals surface area contributed by atoms with Crippen LogP contribution in [0.4, 0.5) is 0 Å². The number of carbonyl (C=O) groups is 1. The Morgan fingerprint density at radius 2 is 1.69 bits per heavy atom. The fourth-order valence-electron chi connectivity index (χ4n) is 4.38. The number of fused-ring (bicyclic) bond motifs is 1. The Morgan fingerprint density at radius 1 is 0.944 bits per heavy atom. The molecular weight excluding hydrogens is 510 g/mol. The second-order valence-electron chi connectivity index (χ2n) is 8.74. The van der Waals surface area contributed by atoms with Crippen molar-refractivity contribution in [3.63, 3.8) is 0 Å². The lowest BCUT2D eigenvalue weighted by Gasteiger charge is -2.34. The van der Waals surface area contributed by atoms with E-state index in [2.05, 4.69) is 4.90 Å². The van der Waals surface area contributed by atoms with Gasteiger partial charge in [-0.15, -0.1) is 0 Å². The van der Waals surface area contributed by atoms with E-state index in [1.54, 1.807) is 4.90 Å². The van der Waals surface area contributed by atoms with Gasteiger partial charge in [0.1, 0.15) is 5.75 Å². The van der Waals surface area contributed by atoms with Gasteiger partial charge < -0.3 is 23.8 Å². The third-order valence-corrected chi connectivity index (χ3v) is 8.62. The number of halogens is 1. The van der Waals surface area contributed by atoms with Crippen LogP contribution in [0.1, 0.15) is 5.56 Å². The molecule has 5 rings (SSSR count). The minimum atomic E-state index is -3.66. The summed E-state index contributed by atoms with van der Waals surface area (Å²) >= 11 is 6.29. The summed E-state index contributed by atoms with van der Waals surface area (Å²) in [4.78, 5) is 16.8. The molecule has 3 heterocycles. The molecule has 3 aliphatic heterocycles. The van der Waals surface area contributed by atoms with Gasteiger partial charge in [0, 0.05) is 45.8 Å². The number of hydrogen-bond donors (Lipinski definition) is 0. The number of nitrogens with zero attached hydrogens (tertiary/aromatic N) is 3. The lowest BCUT2D eigenvalue weighted by atomic mass is 10.1. The van der Waals surface area contributed by atoms with Gasteiger partial charge in [-0.1, -0.05) is 17.7 Å². The van der Waals surface area contributed by atoms with Gasteiger partial charge in [0.15, 0.2) is 18.1 Å². The third-order valence-electron chi connectivity index (χ3n) is 6.43. The average Bonchev–Trinajstić information content (AvgIpc) is 3.37. The highest BCUT2D eigenvalue weighted by molar-refractivity contribution is 7.89. The molecule has 0 N–H and O–H groups in total. The minimum Gasteiger partial charge on any atom is -0.482 e. The normalized spacial score (nSPS) is 18.9. The molecule has 0 radical (unpaired) electrons. The quantitative estimate of drug-likeness (QED) is 0.527. The maximum atomic E-state index is 12.8. The maximum absolute atomic E-state index is 12.8. The number of ether oxygens (including phenoxy) is 4. The molecule has 0 atom stereocenters. The summed E-state index contributed by atoms with van der Waals surface area (Å²) in [6.45, 7) is 4.87. The number of carbonyl (C=O) groups excluding carboxylic acids is 1. The van der Waals surface area contributed by atoms with Gasteiger partial charge in [-0.05, 0) is 35.9 Å². The van der Waals surface area contributed by atoms with Crippen LogP contribution in [0.15, 0.2) is 41.3 Å². The van der Waals surface area contributed by atoms with E-state index in [1.165, 1.54) is 22.5 Å². The lowest BCUT2D eigenvalue weighted by molar-refractivity contribution is -0.135. The third kappa shape index (κ3) is 5.55. The summed E-state index contributed by atoms with van der Waals surface area (Å²) in [5.74, 6) is 1.66. The van der Waals surface area contributed by atoms with Crippen molar-refractivity contribution in [1.29, 1.82) is 0 Å². The molecule has 36 heavy (non-hydrogen) atoms. The number of piperazine rings is 1. The minimum absolute atomic E-state index is 0.0895. The standard InChI is InChI=1S/C24H28ClN3O7S/c25-20-14-19(36(30,31)28-9-11-32-12-10-28)2-4-21(20)33-16-24(29)27-7-5-26(6-8-27)15-18-1-3-22-23(13-18)35-17-34-22/h1-4,13-14H,5-12,15-17H2. The summed E-state index contributed by atoms with van der Waals surface area (Å²) in [5.41, 5.74) is 1.14. The molecule has 0 bridgehead atoms. The smallest absolute Gasteiger partial charge is 0.260 e. The summed E-state index contributed by atoms with van der Waals surface area (Å²) in [6.07, 6.45) is 0. The zero-order valence-electron chi connectivity index (χ0n) is 19.7. The van der Waals surface area contributed by atoms with Gasteiger partial charge >= 0.3 is 0 Å². The van der Waals surface area contributed by atoms with Gasteiger partial charge in [0.05, 0.1) is 23.1 Å². The molecule has 0 aliphatic carbocycles. The maximum Gasteiger partial charge on any atom is 0.260 e. The van der Waals surface area contributed by atoms with E-state index >= 15 is 0 Å². The van der Waals surface area contributed by atoms with Gasteiger partial charge in [-0.2, -0.15) is 4.31 Å². The first-order valence-electron chi connectivity index (χ1n) is 11.8. The number of morpholine rings is 1. The van der Waals surface area contributed by atoms with E-state index in [0.717, 1.165) is 36.7 Å². The van der Waals surface area contributed by atoms with E-state index in [-0.39, 0.29) is 35.0 Å². The first kappa shape index (κ1) is 25.1. The number of amides is 1. The molecular formula is C24H28ClN3O7S. The van der Waals surface area contributed by atoms with Crippen LogP contribution < -0.4 is 14.2 Å². The van der Waals surface area contributed by atoms with E-state index < -0.39 is 10.0 Å². The highest BCUT2D eigenvalue weighted by atomic mass is 35.5. The van der Waals surface area contributed by atoms with E-state index in [4.69, 9.17) is 30.5 Å². The van der Waals surface area contributed by atoms with Crippen LogP contribution in [0.3, 0.4) is 0 Å². The predicted octanol–water partition coefficient (Wildman–Crippen LogP) is 1.81. The van der Waals surface area contributed by atoms with Crippen molar-refractivity contribution >= 4 is 27.5 Å². The van der Waals surface area contributed by atoms with Crippen molar-refractivity contribution < 1.29 is 32.2 Å². The highest BCUT2D eigenvalue weighted by Gasteiger charge is 2.27. The molecule has 3 aliphatic rings. The molecule has 1 amide bonds. The Labute approximate surface area is 215 Å². The van der Waals surface area contributed by atoms with Crippen molar-refractivity contribution in [2.45, 2.75) is 11.4 Å². The number of sulfonamides is 1. The molecule has 0 unspecified atom stereocenters. The Bertz CT molecular complexity index is 1210. The summed E-state index contributed by atoms with van der Waals surface area (Å²) < 4.78 is 48.7. The highest BCUT2D eigenvalue weighted by Crippen LogP contribution is 2.33. The van der Waals surface area contributed by atoms with E-state index in [9.17, 15) is 13.2 Å². The molecule has 2 aromatic carbocycles. The second-order valence-corrected chi connectivity index (χ2v) is 11.1. The van der Waals surface area contributed by atoms with Gasteiger partial charge in [-0.3, -0.25) is 9.69 Å². The van der Waals surface area contributed by atoms with Crippen LogP contribution in [0.2, 0.25) is 5.02 Å². The Morgan fingerprint density at radius 3 is 2.44 bits per heavy atom. The topological polar surface area (TPSA) is 97.9 Å². The van der Waals surface area contributed by atoms with Crippen LogP contribution in [0.25, 0.3) is 0 Å². The van der Waals surface area contributed by atoms with Gasteiger partial charge in [-0.25, -0.2) is 8.42 Å². The van der Waals surface area contributed by atoms with E-state index in [0.29, 0.717) is 39.4 Å². The molecule has 10 nitrogen and oxygen atoms in total. The number of hydrogen-bond acceptors (Lipinski definition) is 8. The monoisotopic (exact) mass is 537 g/mol. The predicted molar refractivity (Wildman–Crippen MR) is 131 cm³/mol. The van der Waals surface area contributed by atoms with Crippen LogP contribution >= 0.6 is 11.6 Å². The molecule has 12 heteroatoms. The molecule has 0 aromatic heterocycles. The van der Waals surface area contributed by atoms with Crippen molar-refractivity contribution in [2.24, 2.45) is 0 Å². The Balaban J connectivity index is 1.11. The fourth-order valence-corrected chi connectivity index (χ4v) is 6.11. The van der Waals surface area contributed by atoms with Crippen LogP contribution in [-0.4, -0.2) is 94.3 Å². The largest absolute Gasteiger partial charge is 0.482 e. The summed E-state index contributed by atoms with van der Waals surface area (Å²) in [6, 6.07) is 10.2. The fraction of sp³-hybridized carbons (Fsp3) is 0.458. The number of rotatable bonds is 7. The lowest BCUT2D eigenvalue weighted by Crippen LogP contribution is -2.49. The van der Waals surface area contributed by atoms with Gasteiger partial charge in [0.2, 0.25) is 16.8 Å². The van der Waals surface area contributed by atoms with Crippen molar-refractivity contribution in [1.82, 2.24) is 14.1 Å².